The lowest BCUT2D eigenvalue weighted by molar-refractivity contribution is -0.387. The molecule has 0 spiro atoms. The number of fused-ring (bicyclic) bond motifs is 1. The van der Waals surface area contributed by atoms with Crippen molar-refractivity contribution in [3.63, 3.8) is 0 Å². The van der Waals surface area contributed by atoms with E-state index in [0.717, 1.165) is 22.6 Å². The van der Waals surface area contributed by atoms with Gasteiger partial charge in [-0.1, -0.05) is 42.5 Å². The molecule has 3 aromatic rings. The van der Waals surface area contributed by atoms with Gasteiger partial charge in [0.15, 0.2) is 9.84 Å². The maximum absolute atomic E-state index is 11.9. The summed E-state index contributed by atoms with van der Waals surface area (Å²) in [6.45, 7) is 0.544. The minimum Gasteiger partial charge on any atom is -0.370 e. The van der Waals surface area contributed by atoms with Crippen LogP contribution in [-0.2, 0) is 16.4 Å². The second kappa shape index (κ2) is 6.76. The zero-order chi connectivity index (χ0) is 18.9. The Hall–Kier alpha value is -2.93. The molecule has 0 saturated carbocycles. The Morgan fingerprint density at radius 3 is 2.42 bits per heavy atom. The van der Waals surface area contributed by atoms with Gasteiger partial charge in [-0.2, -0.15) is 0 Å². The van der Waals surface area contributed by atoms with Gasteiger partial charge in [-0.25, -0.2) is 8.42 Å². The van der Waals surface area contributed by atoms with Crippen molar-refractivity contribution in [1.29, 1.82) is 0 Å². The van der Waals surface area contributed by atoms with Crippen LogP contribution in [0.2, 0.25) is 0 Å². The molecule has 26 heavy (non-hydrogen) atoms. The van der Waals surface area contributed by atoms with Gasteiger partial charge in [0.2, 0.25) is 0 Å². The maximum atomic E-state index is 11.9. The third kappa shape index (κ3) is 3.52. The highest BCUT2D eigenvalue weighted by atomic mass is 32.2. The van der Waals surface area contributed by atoms with Gasteiger partial charge in [0.25, 0.3) is 5.69 Å². The zero-order valence-electron chi connectivity index (χ0n) is 14.4. The van der Waals surface area contributed by atoms with E-state index >= 15 is 0 Å². The summed E-state index contributed by atoms with van der Waals surface area (Å²) < 4.78 is 23.9. The number of anilines is 1. The fraction of sp³-hybridized carbons (Fsp3) is 0.158. The highest BCUT2D eigenvalue weighted by Crippen LogP contribution is 2.29. The number of rotatable bonds is 5. The molecule has 0 atom stereocenters. The summed E-state index contributed by atoms with van der Waals surface area (Å²) in [7, 11) is -1.88. The van der Waals surface area contributed by atoms with Gasteiger partial charge >= 0.3 is 0 Å². The van der Waals surface area contributed by atoms with E-state index < -0.39 is 20.4 Å². The lowest BCUT2D eigenvalue weighted by atomic mass is 10.0. The molecule has 134 valence electrons. The molecule has 7 heteroatoms. The number of nitro benzene ring substituents is 1. The van der Waals surface area contributed by atoms with Crippen LogP contribution in [0, 0.1) is 10.1 Å². The van der Waals surface area contributed by atoms with E-state index in [0.29, 0.717) is 12.2 Å². The number of nitro groups is 1. The molecule has 0 aromatic heterocycles. The Balaban J connectivity index is 2.00. The third-order valence-electron chi connectivity index (χ3n) is 4.27. The Kier molecular flexibility index (Phi) is 4.65. The van der Waals surface area contributed by atoms with Crippen molar-refractivity contribution in [2.75, 3.05) is 18.2 Å². The lowest BCUT2D eigenvalue weighted by Gasteiger charge is -2.21. The molecule has 0 fully saturated rings. The van der Waals surface area contributed by atoms with E-state index in [2.05, 4.69) is 0 Å². The summed E-state index contributed by atoms with van der Waals surface area (Å²) in [6.07, 6.45) is 0.976. The molecular weight excluding hydrogens is 352 g/mol. The van der Waals surface area contributed by atoms with Crippen LogP contribution < -0.4 is 4.90 Å². The highest BCUT2D eigenvalue weighted by molar-refractivity contribution is 7.90. The summed E-state index contributed by atoms with van der Waals surface area (Å²) in [5, 5.41) is 13.4. The third-order valence-corrected chi connectivity index (χ3v) is 5.39. The maximum Gasteiger partial charge on any atom is 0.288 e. The van der Waals surface area contributed by atoms with Crippen molar-refractivity contribution in [2.24, 2.45) is 0 Å². The Bertz CT molecular complexity index is 1090. The van der Waals surface area contributed by atoms with Crippen LogP contribution in [0.5, 0.6) is 0 Å². The van der Waals surface area contributed by atoms with Gasteiger partial charge in [0.05, 0.1) is 4.92 Å². The first-order valence-corrected chi connectivity index (χ1v) is 9.83. The first-order valence-electron chi connectivity index (χ1n) is 7.93. The van der Waals surface area contributed by atoms with Crippen LogP contribution in [0.25, 0.3) is 10.8 Å². The molecule has 0 amide bonds. The van der Waals surface area contributed by atoms with Crippen molar-refractivity contribution >= 4 is 32.0 Å². The number of hydrogen-bond acceptors (Lipinski definition) is 5. The quantitative estimate of drug-likeness (QED) is 0.504. The van der Waals surface area contributed by atoms with Gasteiger partial charge in [-0.05, 0) is 28.5 Å². The molecule has 0 unspecified atom stereocenters. The van der Waals surface area contributed by atoms with E-state index in [1.807, 2.05) is 54.4 Å². The smallest absolute Gasteiger partial charge is 0.288 e. The van der Waals surface area contributed by atoms with E-state index in [9.17, 15) is 18.5 Å². The van der Waals surface area contributed by atoms with Gasteiger partial charge in [0, 0.05) is 31.6 Å². The number of hydrogen-bond donors (Lipinski definition) is 0. The molecule has 0 aliphatic rings. The van der Waals surface area contributed by atoms with Crippen molar-refractivity contribution < 1.29 is 13.3 Å². The van der Waals surface area contributed by atoms with Crippen molar-refractivity contribution in [2.45, 2.75) is 11.4 Å². The highest BCUT2D eigenvalue weighted by Gasteiger charge is 2.23. The predicted octanol–water partition coefficient (Wildman–Crippen LogP) is 3.79. The second-order valence-electron chi connectivity index (χ2n) is 6.18. The largest absolute Gasteiger partial charge is 0.370 e. The van der Waals surface area contributed by atoms with Crippen LogP contribution in [0.15, 0.2) is 65.6 Å². The number of benzene rings is 3. The first-order chi connectivity index (χ1) is 12.3. The van der Waals surface area contributed by atoms with Crippen LogP contribution in [-0.4, -0.2) is 26.6 Å². The average Bonchev–Trinajstić information content (AvgIpc) is 2.60. The summed E-state index contributed by atoms with van der Waals surface area (Å²) in [5.41, 5.74) is 1.28. The van der Waals surface area contributed by atoms with Crippen molar-refractivity contribution in [3.05, 3.63) is 76.3 Å². The molecule has 6 nitrogen and oxygen atoms in total. The van der Waals surface area contributed by atoms with Crippen LogP contribution in [0.3, 0.4) is 0 Å². The molecule has 0 bridgehead atoms. The van der Waals surface area contributed by atoms with Gasteiger partial charge in [0.1, 0.15) is 4.90 Å². The number of sulfone groups is 1. The molecule has 0 heterocycles. The topological polar surface area (TPSA) is 80.5 Å². The minimum absolute atomic E-state index is 0.273. The zero-order valence-corrected chi connectivity index (χ0v) is 15.2. The predicted molar refractivity (Wildman–Crippen MR) is 102 cm³/mol. The summed E-state index contributed by atoms with van der Waals surface area (Å²) >= 11 is 0. The fourth-order valence-corrected chi connectivity index (χ4v) is 3.82. The summed E-state index contributed by atoms with van der Waals surface area (Å²) in [5.74, 6) is 0. The van der Waals surface area contributed by atoms with E-state index in [4.69, 9.17) is 0 Å². The Labute approximate surface area is 151 Å². The average molecular weight is 370 g/mol. The van der Waals surface area contributed by atoms with Gasteiger partial charge < -0.3 is 4.90 Å². The van der Waals surface area contributed by atoms with Crippen molar-refractivity contribution in [3.8, 4) is 0 Å². The summed E-state index contributed by atoms with van der Waals surface area (Å²) in [4.78, 5) is 12.0. The van der Waals surface area contributed by atoms with E-state index in [1.165, 1.54) is 12.1 Å². The molecule has 0 aliphatic heterocycles. The molecule has 0 N–H and O–H groups in total. The number of nitrogens with zero attached hydrogens (tertiary/aromatic N) is 2. The van der Waals surface area contributed by atoms with Crippen LogP contribution in [0.1, 0.15) is 5.56 Å². The minimum atomic E-state index is -3.71. The second-order valence-corrected chi connectivity index (χ2v) is 8.16. The van der Waals surface area contributed by atoms with Gasteiger partial charge in [-0.15, -0.1) is 0 Å². The van der Waals surface area contributed by atoms with Gasteiger partial charge in [-0.3, -0.25) is 10.1 Å². The first kappa shape index (κ1) is 17.9. The lowest BCUT2D eigenvalue weighted by Crippen LogP contribution is -2.17. The summed E-state index contributed by atoms with van der Waals surface area (Å²) in [6, 6.07) is 18.2. The Morgan fingerprint density at radius 2 is 1.73 bits per heavy atom. The molecule has 0 radical (unpaired) electrons. The van der Waals surface area contributed by atoms with E-state index in [1.54, 1.807) is 6.07 Å². The molecular formula is C19H18N2O4S. The molecule has 0 saturated heterocycles. The van der Waals surface area contributed by atoms with Crippen LogP contribution >= 0.6 is 0 Å². The SMILES string of the molecule is CN(Cc1cccc2ccccc12)c1ccc([N+](=O)[O-])c(S(C)(=O)=O)c1. The molecule has 3 aromatic carbocycles. The Morgan fingerprint density at radius 1 is 1.04 bits per heavy atom. The van der Waals surface area contributed by atoms with Crippen LogP contribution in [0.4, 0.5) is 11.4 Å². The monoisotopic (exact) mass is 370 g/mol. The normalized spacial score (nSPS) is 11.5. The fourth-order valence-electron chi connectivity index (χ4n) is 2.97. The van der Waals surface area contributed by atoms with Crippen molar-refractivity contribution in [1.82, 2.24) is 0 Å². The standard InChI is InChI=1S/C19H18N2O4S/c1-20(13-15-8-5-7-14-6-3-4-9-17(14)15)16-10-11-18(21(22)23)19(12-16)26(2,24)25/h3-12H,13H2,1-2H3. The molecule has 0 aliphatic carbocycles. The molecule has 3 rings (SSSR count). The van der Waals surface area contributed by atoms with E-state index in [-0.39, 0.29) is 4.90 Å².